The zero-order valence-electron chi connectivity index (χ0n) is 10.0. The Labute approximate surface area is 110 Å². The van der Waals surface area contributed by atoms with E-state index in [2.05, 4.69) is 15.3 Å². The minimum Gasteiger partial charge on any atom is -0.469 e. The minimum absolute atomic E-state index is 0.341. The summed E-state index contributed by atoms with van der Waals surface area (Å²) in [5, 5.41) is 3.57. The second-order valence-corrected chi connectivity index (χ2v) is 4.07. The Morgan fingerprint density at radius 3 is 3.06 bits per heavy atom. The lowest BCUT2D eigenvalue weighted by atomic mass is 10.3. The van der Waals surface area contributed by atoms with E-state index in [1.807, 2.05) is 12.1 Å². The van der Waals surface area contributed by atoms with Crippen molar-refractivity contribution in [3.05, 3.63) is 41.2 Å². The molecule has 0 saturated carbocycles. The number of aromatic nitrogens is 2. The number of halogens is 1. The van der Waals surface area contributed by atoms with Gasteiger partial charge in [0.25, 0.3) is 0 Å². The van der Waals surface area contributed by atoms with E-state index in [0.29, 0.717) is 29.9 Å². The molecule has 18 heavy (non-hydrogen) atoms. The fourth-order valence-corrected chi connectivity index (χ4v) is 1.72. The molecule has 0 unspecified atom stereocenters. The number of hydrogen-bond donors (Lipinski definition) is 1. The number of ether oxygens (including phenoxy) is 1. The van der Waals surface area contributed by atoms with Crippen LogP contribution in [0, 0.1) is 0 Å². The van der Waals surface area contributed by atoms with E-state index >= 15 is 0 Å². The molecule has 0 amide bonds. The van der Waals surface area contributed by atoms with E-state index in [9.17, 15) is 0 Å². The number of anilines is 1. The molecule has 0 saturated heterocycles. The molecule has 0 fully saturated rings. The van der Waals surface area contributed by atoms with E-state index in [1.165, 1.54) is 0 Å². The summed E-state index contributed by atoms with van der Waals surface area (Å²) in [6.07, 6.45) is 2.45. The topological polar surface area (TPSA) is 60.2 Å². The largest absolute Gasteiger partial charge is 0.469 e. The zero-order valence-corrected chi connectivity index (χ0v) is 10.8. The van der Waals surface area contributed by atoms with Crippen LogP contribution in [-0.4, -0.2) is 23.6 Å². The monoisotopic (exact) mass is 267 g/mol. The standard InChI is InChI=1S/C12H14ClN3O2/c1-17-8-12-15-10(13)7-11(16-12)14-5-4-9-3-2-6-18-9/h2-3,6-7H,4-5,8H2,1H3,(H,14,15,16). The number of nitrogens with one attached hydrogen (secondary N) is 1. The van der Waals surface area contributed by atoms with Crippen LogP contribution < -0.4 is 5.32 Å². The van der Waals surface area contributed by atoms with Crippen LogP contribution >= 0.6 is 11.6 Å². The number of nitrogens with zero attached hydrogens (tertiary/aromatic N) is 2. The molecule has 1 N–H and O–H groups in total. The van der Waals surface area contributed by atoms with Gasteiger partial charge in [0.05, 0.1) is 6.26 Å². The first-order valence-corrected chi connectivity index (χ1v) is 5.94. The summed E-state index contributed by atoms with van der Waals surface area (Å²) in [7, 11) is 1.59. The van der Waals surface area contributed by atoms with Gasteiger partial charge in [0.2, 0.25) is 0 Å². The molecule has 0 atom stereocenters. The van der Waals surface area contributed by atoms with Gasteiger partial charge in [0, 0.05) is 26.1 Å². The molecule has 0 aromatic carbocycles. The van der Waals surface area contributed by atoms with Gasteiger partial charge in [-0.15, -0.1) is 0 Å². The Morgan fingerprint density at radius 2 is 2.33 bits per heavy atom. The first kappa shape index (κ1) is 12.9. The molecule has 2 rings (SSSR count). The molecule has 0 aliphatic rings. The van der Waals surface area contributed by atoms with Crippen LogP contribution in [0.15, 0.2) is 28.9 Å². The van der Waals surface area contributed by atoms with Gasteiger partial charge in [0.1, 0.15) is 23.3 Å². The predicted molar refractivity (Wildman–Crippen MR) is 68.7 cm³/mol. The van der Waals surface area contributed by atoms with Gasteiger partial charge in [-0.1, -0.05) is 11.6 Å². The van der Waals surface area contributed by atoms with Crippen molar-refractivity contribution in [3.8, 4) is 0 Å². The fourth-order valence-electron chi connectivity index (χ4n) is 1.52. The van der Waals surface area contributed by atoms with E-state index in [0.717, 1.165) is 12.2 Å². The Bertz CT molecular complexity index is 488. The molecule has 2 aromatic heterocycles. The molecule has 6 heteroatoms. The Morgan fingerprint density at radius 1 is 1.44 bits per heavy atom. The highest BCUT2D eigenvalue weighted by atomic mass is 35.5. The summed E-state index contributed by atoms with van der Waals surface area (Å²) in [5.74, 6) is 2.18. The molecule has 2 aromatic rings. The quantitative estimate of drug-likeness (QED) is 0.815. The lowest BCUT2D eigenvalue weighted by Gasteiger charge is -2.06. The molecule has 0 aliphatic heterocycles. The normalized spacial score (nSPS) is 10.6. The summed E-state index contributed by atoms with van der Waals surface area (Å²) in [6, 6.07) is 5.49. The van der Waals surface area contributed by atoms with Crippen molar-refractivity contribution < 1.29 is 9.15 Å². The molecular weight excluding hydrogens is 254 g/mol. The van der Waals surface area contributed by atoms with Gasteiger partial charge >= 0.3 is 0 Å². The van der Waals surface area contributed by atoms with Crippen molar-refractivity contribution in [1.29, 1.82) is 0 Å². The maximum Gasteiger partial charge on any atom is 0.158 e. The Balaban J connectivity index is 1.92. The van der Waals surface area contributed by atoms with Gasteiger partial charge < -0.3 is 14.5 Å². The number of methoxy groups -OCH3 is 1. The average Bonchev–Trinajstić information content (AvgIpc) is 2.82. The molecule has 0 spiro atoms. The van der Waals surface area contributed by atoms with Crippen molar-refractivity contribution in [2.75, 3.05) is 19.0 Å². The van der Waals surface area contributed by atoms with Crippen LogP contribution in [0.5, 0.6) is 0 Å². The molecule has 0 bridgehead atoms. The highest BCUT2D eigenvalue weighted by molar-refractivity contribution is 6.29. The van der Waals surface area contributed by atoms with Crippen LogP contribution in [0.4, 0.5) is 5.82 Å². The van der Waals surface area contributed by atoms with Crippen LogP contribution in [-0.2, 0) is 17.8 Å². The second kappa shape index (κ2) is 6.37. The number of rotatable bonds is 6. The minimum atomic E-state index is 0.341. The van der Waals surface area contributed by atoms with Crippen LogP contribution in [0.1, 0.15) is 11.6 Å². The van der Waals surface area contributed by atoms with Crippen molar-refractivity contribution >= 4 is 17.4 Å². The van der Waals surface area contributed by atoms with Crippen LogP contribution in [0.25, 0.3) is 0 Å². The molecule has 0 radical (unpaired) electrons. The molecule has 5 nitrogen and oxygen atoms in total. The van der Waals surface area contributed by atoms with E-state index in [1.54, 1.807) is 19.4 Å². The zero-order chi connectivity index (χ0) is 12.8. The van der Waals surface area contributed by atoms with Gasteiger partial charge in [-0.2, -0.15) is 0 Å². The summed E-state index contributed by atoms with van der Waals surface area (Å²) < 4.78 is 10.2. The predicted octanol–water partition coefficient (Wildman–Crippen LogP) is 2.52. The lowest BCUT2D eigenvalue weighted by Crippen LogP contribution is -2.08. The lowest BCUT2D eigenvalue weighted by molar-refractivity contribution is 0.178. The van der Waals surface area contributed by atoms with Crippen molar-refractivity contribution in [2.24, 2.45) is 0 Å². The van der Waals surface area contributed by atoms with E-state index in [4.69, 9.17) is 20.8 Å². The van der Waals surface area contributed by atoms with Crippen molar-refractivity contribution in [1.82, 2.24) is 9.97 Å². The maximum absolute atomic E-state index is 5.90. The summed E-state index contributed by atoms with van der Waals surface area (Å²) in [6.45, 7) is 1.06. The van der Waals surface area contributed by atoms with Gasteiger partial charge in [-0.05, 0) is 12.1 Å². The summed E-state index contributed by atoms with van der Waals surface area (Å²) in [4.78, 5) is 8.33. The Kier molecular flexibility index (Phi) is 4.55. The third-order valence-corrected chi connectivity index (χ3v) is 2.47. The van der Waals surface area contributed by atoms with Gasteiger partial charge in [-0.3, -0.25) is 0 Å². The highest BCUT2D eigenvalue weighted by Crippen LogP contribution is 2.12. The SMILES string of the molecule is COCc1nc(Cl)cc(NCCc2ccco2)n1. The molecule has 2 heterocycles. The molecular formula is C12H14ClN3O2. The second-order valence-electron chi connectivity index (χ2n) is 3.68. The summed E-state index contributed by atoms with van der Waals surface area (Å²) >= 11 is 5.90. The average molecular weight is 268 g/mol. The van der Waals surface area contributed by atoms with Crippen molar-refractivity contribution in [2.45, 2.75) is 13.0 Å². The van der Waals surface area contributed by atoms with Crippen molar-refractivity contribution in [3.63, 3.8) is 0 Å². The summed E-state index contributed by atoms with van der Waals surface area (Å²) in [5.41, 5.74) is 0. The third kappa shape index (κ3) is 3.72. The van der Waals surface area contributed by atoms with Gasteiger partial charge in [0.15, 0.2) is 5.82 Å². The smallest absolute Gasteiger partial charge is 0.158 e. The van der Waals surface area contributed by atoms with Gasteiger partial charge in [-0.25, -0.2) is 9.97 Å². The van der Waals surface area contributed by atoms with E-state index in [-0.39, 0.29) is 0 Å². The molecule has 0 aliphatic carbocycles. The number of furan rings is 1. The maximum atomic E-state index is 5.90. The number of hydrogen-bond acceptors (Lipinski definition) is 5. The first-order valence-electron chi connectivity index (χ1n) is 5.56. The third-order valence-electron chi connectivity index (χ3n) is 2.27. The Hall–Kier alpha value is -1.59. The fraction of sp³-hybridized carbons (Fsp3) is 0.333. The molecule has 96 valence electrons. The van der Waals surface area contributed by atoms with E-state index < -0.39 is 0 Å². The van der Waals surface area contributed by atoms with Crippen LogP contribution in [0.2, 0.25) is 5.15 Å². The van der Waals surface area contributed by atoms with Crippen LogP contribution in [0.3, 0.4) is 0 Å². The first-order chi connectivity index (χ1) is 8.78. The highest BCUT2D eigenvalue weighted by Gasteiger charge is 2.03.